The lowest BCUT2D eigenvalue weighted by atomic mass is 9.87. The molecule has 3 aromatic rings. The first-order chi connectivity index (χ1) is 19.9. The summed E-state index contributed by atoms with van der Waals surface area (Å²) in [6, 6.07) is 16.3. The molecule has 7 rings (SSSR count). The molecule has 3 aliphatic heterocycles. The van der Waals surface area contributed by atoms with Crippen LogP contribution in [-0.2, 0) is 14.3 Å². The molecule has 0 bridgehead atoms. The Bertz CT molecular complexity index is 1530. The summed E-state index contributed by atoms with van der Waals surface area (Å²) in [6.07, 6.45) is 5.12. The van der Waals surface area contributed by atoms with Gasteiger partial charge in [0.2, 0.25) is 5.91 Å². The Morgan fingerprint density at radius 3 is 2.41 bits per heavy atom. The third kappa shape index (κ3) is 4.67. The number of amides is 3. The molecule has 1 spiro atoms. The zero-order valence-corrected chi connectivity index (χ0v) is 23.3. The van der Waals surface area contributed by atoms with E-state index in [1.54, 1.807) is 11.2 Å². The summed E-state index contributed by atoms with van der Waals surface area (Å²) in [5.41, 5.74) is 3.02. The largest absolute Gasteiger partial charge is 0.464 e. The first-order valence-electron chi connectivity index (χ1n) is 14.6. The molecule has 41 heavy (non-hydrogen) atoms. The Balaban J connectivity index is 1.15. The van der Waals surface area contributed by atoms with Gasteiger partial charge in [0.05, 0.1) is 13.4 Å². The van der Waals surface area contributed by atoms with Crippen molar-refractivity contribution in [2.45, 2.75) is 37.6 Å². The minimum atomic E-state index is -0.882. The number of piperidine rings is 1. The van der Waals surface area contributed by atoms with Crippen molar-refractivity contribution in [3.8, 4) is 11.1 Å². The molecule has 0 unspecified atom stereocenters. The van der Waals surface area contributed by atoms with Crippen molar-refractivity contribution in [1.82, 2.24) is 14.7 Å². The summed E-state index contributed by atoms with van der Waals surface area (Å²) in [5, 5.41) is 1.05. The normalized spacial score (nSPS) is 22.1. The minimum absolute atomic E-state index is 0.00142. The summed E-state index contributed by atoms with van der Waals surface area (Å²) in [7, 11) is 1.38. The third-order valence-electron chi connectivity index (χ3n) is 9.14. The predicted octanol–water partition coefficient (Wildman–Crippen LogP) is 4.55. The van der Waals surface area contributed by atoms with Crippen LogP contribution in [0.2, 0.25) is 0 Å². The van der Waals surface area contributed by atoms with Gasteiger partial charge in [-0.1, -0.05) is 30.3 Å². The van der Waals surface area contributed by atoms with Gasteiger partial charge in [-0.05, 0) is 67.3 Å². The lowest BCUT2D eigenvalue weighted by Crippen LogP contribution is -2.52. The lowest BCUT2D eigenvalue weighted by Gasteiger charge is -2.35. The summed E-state index contributed by atoms with van der Waals surface area (Å²) in [6.45, 7) is 2.82. The molecule has 1 saturated carbocycles. The Kier molecular flexibility index (Phi) is 6.32. The van der Waals surface area contributed by atoms with Crippen LogP contribution >= 0.6 is 0 Å². The van der Waals surface area contributed by atoms with E-state index in [0.29, 0.717) is 44.9 Å². The molecule has 1 aliphatic carbocycles. The summed E-state index contributed by atoms with van der Waals surface area (Å²) in [4.78, 5) is 49.5. The van der Waals surface area contributed by atoms with Crippen molar-refractivity contribution >= 4 is 34.7 Å². The number of carbonyl (C=O) groups is 3. The molecule has 0 radical (unpaired) electrons. The van der Waals surface area contributed by atoms with Crippen molar-refractivity contribution in [3.05, 3.63) is 60.4 Å². The van der Waals surface area contributed by atoms with Gasteiger partial charge in [0.1, 0.15) is 17.0 Å². The van der Waals surface area contributed by atoms with E-state index in [0.717, 1.165) is 53.5 Å². The Morgan fingerprint density at radius 1 is 0.951 bits per heavy atom. The van der Waals surface area contributed by atoms with E-state index in [1.807, 2.05) is 40.1 Å². The van der Waals surface area contributed by atoms with E-state index < -0.39 is 5.54 Å². The SMILES string of the molecule is COC(=O)N1CCC2(CC1)N=C(c1ccc(-c3ccc4occc4c3)cc1)N(C[C@@H]1CCN(C(=O)C3CC3)C1)C2=O. The number of aliphatic imine (C=N–C) groups is 1. The standard InChI is InChI=1S/C32H34N4O5/c1-40-31(39)34-15-12-32(13-16-34)30(38)36(20-21-10-14-35(19-21)29(37)24-6-7-24)28(33-32)23-4-2-22(3-5-23)25-8-9-27-26(18-25)11-17-41-27/h2-5,8-9,11,17-18,21,24H,6-7,10,12-16,19-20H2,1H3/t21-/m1/s1. The van der Waals surface area contributed by atoms with E-state index >= 15 is 0 Å². The first kappa shape index (κ1) is 25.8. The smallest absolute Gasteiger partial charge is 0.409 e. The Labute approximate surface area is 238 Å². The molecular formula is C32H34N4O5. The summed E-state index contributed by atoms with van der Waals surface area (Å²) >= 11 is 0. The van der Waals surface area contributed by atoms with Gasteiger partial charge >= 0.3 is 6.09 Å². The molecule has 2 aromatic carbocycles. The maximum absolute atomic E-state index is 14.1. The topological polar surface area (TPSA) is 95.7 Å². The molecule has 1 aromatic heterocycles. The molecule has 9 nitrogen and oxygen atoms in total. The van der Waals surface area contributed by atoms with Crippen molar-refractivity contribution in [3.63, 3.8) is 0 Å². The molecular weight excluding hydrogens is 520 g/mol. The number of nitrogens with zero attached hydrogens (tertiary/aromatic N) is 4. The number of furan rings is 1. The van der Waals surface area contributed by atoms with E-state index in [9.17, 15) is 14.4 Å². The van der Waals surface area contributed by atoms with Crippen molar-refractivity contribution < 1.29 is 23.5 Å². The fourth-order valence-corrected chi connectivity index (χ4v) is 6.55. The third-order valence-corrected chi connectivity index (χ3v) is 9.14. The van der Waals surface area contributed by atoms with Gasteiger partial charge < -0.3 is 19.0 Å². The number of rotatable bonds is 5. The molecule has 1 atom stereocenters. The van der Waals surface area contributed by atoms with Crippen LogP contribution < -0.4 is 0 Å². The van der Waals surface area contributed by atoms with Gasteiger partial charge in [-0.3, -0.25) is 19.5 Å². The minimum Gasteiger partial charge on any atom is -0.464 e. The number of hydrogen-bond acceptors (Lipinski definition) is 6. The zero-order valence-electron chi connectivity index (χ0n) is 23.3. The Hall–Kier alpha value is -4.14. The average Bonchev–Trinajstić information content (AvgIpc) is 3.46. The Morgan fingerprint density at radius 2 is 1.68 bits per heavy atom. The first-order valence-corrected chi connectivity index (χ1v) is 14.6. The van der Waals surface area contributed by atoms with E-state index in [4.69, 9.17) is 14.1 Å². The summed E-state index contributed by atoms with van der Waals surface area (Å²) in [5.74, 6) is 1.36. The van der Waals surface area contributed by atoms with Gasteiger partial charge in [0.15, 0.2) is 0 Å². The molecule has 4 heterocycles. The number of hydrogen-bond donors (Lipinski definition) is 0. The van der Waals surface area contributed by atoms with Crippen LogP contribution in [0.5, 0.6) is 0 Å². The monoisotopic (exact) mass is 554 g/mol. The van der Waals surface area contributed by atoms with E-state index in [-0.39, 0.29) is 29.7 Å². The highest BCUT2D eigenvalue weighted by Crippen LogP contribution is 2.38. The van der Waals surface area contributed by atoms with Gasteiger partial charge in [-0.2, -0.15) is 0 Å². The molecule has 0 N–H and O–H groups in total. The average molecular weight is 555 g/mol. The van der Waals surface area contributed by atoms with Crippen LogP contribution in [0.25, 0.3) is 22.1 Å². The van der Waals surface area contributed by atoms with E-state index in [2.05, 4.69) is 18.2 Å². The second-order valence-electron chi connectivity index (χ2n) is 11.8. The van der Waals surface area contributed by atoms with E-state index in [1.165, 1.54) is 7.11 Å². The fourth-order valence-electron chi connectivity index (χ4n) is 6.55. The molecule has 9 heteroatoms. The quantitative estimate of drug-likeness (QED) is 0.461. The van der Waals surface area contributed by atoms with Crippen LogP contribution in [0.3, 0.4) is 0 Å². The number of carbonyl (C=O) groups excluding carboxylic acids is 3. The summed E-state index contributed by atoms with van der Waals surface area (Å²) < 4.78 is 10.4. The molecule has 3 amide bonds. The van der Waals surface area contributed by atoms with Gasteiger partial charge in [0, 0.05) is 49.6 Å². The molecule has 212 valence electrons. The predicted molar refractivity (Wildman–Crippen MR) is 153 cm³/mol. The second kappa shape index (κ2) is 10.0. The number of fused-ring (bicyclic) bond motifs is 1. The number of methoxy groups -OCH3 is 1. The fraction of sp³-hybridized carbons (Fsp3) is 0.438. The molecule has 4 aliphatic rings. The highest BCUT2D eigenvalue weighted by Gasteiger charge is 2.51. The number of amidine groups is 1. The second-order valence-corrected chi connectivity index (χ2v) is 11.8. The highest BCUT2D eigenvalue weighted by molar-refractivity contribution is 6.15. The van der Waals surface area contributed by atoms with Gasteiger partial charge in [0.25, 0.3) is 5.91 Å². The maximum atomic E-state index is 14.1. The maximum Gasteiger partial charge on any atom is 0.409 e. The van der Waals surface area contributed by atoms with Crippen molar-refractivity contribution in [2.24, 2.45) is 16.8 Å². The van der Waals surface area contributed by atoms with Crippen LogP contribution in [0, 0.1) is 11.8 Å². The van der Waals surface area contributed by atoms with Gasteiger partial charge in [-0.15, -0.1) is 0 Å². The van der Waals surface area contributed by atoms with Crippen molar-refractivity contribution in [1.29, 1.82) is 0 Å². The lowest BCUT2D eigenvalue weighted by molar-refractivity contribution is -0.133. The number of likely N-dealkylation sites (tertiary alicyclic amines) is 2. The highest BCUT2D eigenvalue weighted by atomic mass is 16.5. The van der Waals surface area contributed by atoms with Crippen molar-refractivity contribution in [2.75, 3.05) is 39.8 Å². The van der Waals surface area contributed by atoms with Crippen LogP contribution in [-0.4, -0.2) is 83.8 Å². The molecule has 2 saturated heterocycles. The molecule has 3 fully saturated rings. The zero-order chi connectivity index (χ0) is 28.1. The number of ether oxygens (including phenoxy) is 1. The number of benzene rings is 2. The van der Waals surface area contributed by atoms with Crippen LogP contribution in [0.4, 0.5) is 4.79 Å². The van der Waals surface area contributed by atoms with Crippen LogP contribution in [0.15, 0.2) is 64.2 Å². The van der Waals surface area contributed by atoms with Gasteiger partial charge in [-0.25, -0.2) is 4.79 Å². The van der Waals surface area contributed by atoms with Crippen LogP contribution in [0.1, 0.15) is 37.7 Å².